The number of ether oxygens (including phenoxy) is 1. The van der Waals surface area contributed by atoms with Gasteiger partial charge < -0.3 is 9.64 Å². The number of benzene rings is 2. The van der Waals surface area contributed by atoms with E-state index in [-0.39, 0.29) is 23.6 Å². The van der Waals surface area contributed by atoms with Crippen LogP contribution in [0.1, 0.15) is 64.1 Å². The summed E-state index contributed by atoms with van der Waals surface area (Å²) in [7, 11) is 0. The molecule has 0 spiro atoms. The summed E-state index contributed by atoms with van der Waals surface area (Å²) < 4.78 is 19.2. The fourth-order valence-electron chi connectivity index (χ4n) is 5.45. The van der Waals surface area contributed by atoms with E-state index in [1.165, 1.54) is 18.3 Å². The number of pyridine rings is 1. The van der Waals surface area contributed by atoms with E-state index < -0.39 is 0 Å². The molecular weight excluding hydrogens is 507 g/mol. The molecule has 3 aromatic rings. The van der Waals surface area contributed by atoms with Crippen molar-refractivity contribution >= 4 is 11.7 Å². The number of carbonyl (C=O) groups excluding carboxylic acids is 2. The van der Waals surface area contributed by atoms with Crippen LogP contribution in [-0.4, -0.2) is 58.8 Å². The Morgan fingerprint density at radius 2 is 1.62 bits per heavy atom. The van der Waals surface area contributed by atoms with Crippen LogP contribution in [0.3, 0.4) is 0 Å². The molecule has 7 nitrogen and oxygen atoms in total. The van der Waals surface area contributed by atoms with Crippen LogP contribution in [-0.2, 0) is 6.54 Å². The van der Waals surface area contributed by atoms with Gasteiger partial charge in [0.2, 0.25) is 0 Å². The van der Waals surface area contributed by atoms with Gasteiger partial charge in [0, 0.05) is 45.3 Å². The van der Waals surface area contributed by atoms with Crippen molar-refractivity contribution in [2.45, 2.75) is 44.8 Å². The highest BCUT2D eigenvalue weighted by molar-refractivity contribution is 5.97. The Bertz CT molecular complexity index is 1340. The van der Waals surface area contributed by atoms with Crippen molar-refractivity contribution in [2.75, 3.05) is 26.2 Å². The monoisotopic (exact) mass is 540 g/mol. The van der Waals surface area contributed by atoms with Gasteiger partial charge in [0.25, 0.3) is 5.91 Å². The Hall–Kier alpha value is -4.09. The maximum atomic E-state index is 13.1. The molecule has 2 fully saturated rings. The predicted octanol–water partition coefficient (Wildman–Crippen LogP) is 5.26. The van der Waals surface area contributed by atoms with Gasteiger partial charge in [0.15, 0.2) is 5.78 Å². The molecule has 40 heavy (non-hydrogen) atoms. The molecule has 0 unspecified atom stereocenters. The van der Waals surface area contributed by atoms with Crippen molar-refractivity contribution in [1.82, 2.24) is 14.8 Å². The number of hydrogen-bond donors (Lipinski definition) is 0. The van der Waals surface area contributed by atoms with E-state index in [4.69, 9.17) is 10.00 Å². The topological polar surface area (TPSA) is 86.5 Å². The van der Waals surface area contributed by atoms with Gasteiger partial charge in [0.1, 0.15) is 17.3 Å². The van der Waals surface area contributed by atoms with Gasteiger partial charge in [0.05, 0.1) is 23.3 Å². The van der Waals surface area contributed by atoms with Crippen LogP contribution in [0.5, 0.6) is 5.75 Å². The van der Waals surface area contributed by atoms with Gasteiger partial charge in [-0.15, -0.1) is 0 Å². The van der Waals surface area contributed by atoms with E-state index in [0.29, 0.717) is 42.2 Å². The molecule has 1 saturated carbocycles. The third-order valence-corrected chi connectivity index (χ3v) is 7.83. The number of ketones is 1. The fourth-order valence-corrected chi connectivity index (χ4v) is 5.45. The third kappa shape index (κ3) is 7.10. The molecule has 0 atom stereocenters. The minimum Gasteiger partial charge on any atom is -0.490 e. The van der Waals surface area contributed by atoms with E-state index in [9.17, 15) is 14.0 Å². The van der Waals surface area contributed by atoms with E-state index >= 15 is 0 Å². The Kier molecular flexibility index (Phi) is 8.82. The van der Waals surface area contributed by atoms with Crippen LogP contribution >= 0.6 is 0 Å². The average Bonchev–Trinajstić information content (AvgIpc) is 3.00. The number of amides is 1. The molecule has 0 radical (unpaired) electrons. The van der Waals surface area contributed by atoms with Crippen LogP contribution in [0, 0.1) is 23.1 Å². The highest BCUT2D eigenvalue weighted by atomic mass is 19.1. The molecule has 0 N–H and O–H groups in total. The Morgan fingerprint density at radius 3 is 2.25 bits per heavy atom. The summed E-state index contributed by atoms with van der Waals surface area (Å²) in [6.07, 6.45) is 5.68. The molecule has 206 valence electrons. The van der Waals surface area contributed by atoms with Gasteiger partial charge in [-0.1, -0.05) is 12.1 Å². The number of aromatic nitrogens is 1. The highest BCUT2D eigenvalue weighted by Crippen LogP contribution is 2.30. The van der Waals surface area contributed by atoms with Crippen LogP contribution in [0.15, 0.2) is 66.9 Å². The first-order chi connectivity index (χ1) is 19.5. The summed E-state index contributed by atoms with van der Waals surface area (Å²) in [4.78, 5) is 34.3. The lowest BCUT2D eigenvalue weighted by Crippen LogP contribution is -2.48. The number of piperazine rings is 1. The molecule has 1 aromatic heterocycles. The van der Waals surface area contributed by atoms with Crippen molar-refractivity contribution in [2.24, 2.45) is 5.92 Å². The smallest absolute Gasteiger partial charge is 0.255 e. The SMILES string of the molecule is N#Cc1ccc(OC2CCC(CC(=O)c3ccc(C(=O)N4CCN(Cc5ccc(F)cc5)CC4)cn3)CC2)cc1. The van der Waals surface area contributed by atoms with Gasteiger partial charge in [-0.3, -0.25) is 19.5 Å². The number of halogens is 1. The number of rotatable bonds is 8. The molecule has 1 amide bonds. The molecule has 1 aliphatic heterocycles. The molecule has 1 aliphatic carbocycles. The fraction of sp³-hybridized carbons (Fsp3) is 0.375. The number of carbonyl (C=O) groups is 2. The summed E-state index contributed by atoms with van der Waals surface area (Å²) in [5.41, 5.74) is 2.55. The molecule has 2 heterocycles. The normalized spacial score (nSPS) is 19.6. The lowest BCUT2D eigenvalue weighted by Gasteiger charge is -2.34. The summed E-state index contributed by atoms with van der Waals surface area (Å²) in [5.74, 6) is 0.750. The molecule has 2 aliphatic rings. The Labute approximate surface area is 234 Å². The zero-order chi connectivity index (χ0) is 27.9. The second kappa shape index (κ2) is 12.8. The number of nitrogens with zero attached hydrogens (tertiary/aromatic N) is 4. The minimum atomic E-state index is -0.241. The zero-order valence-corrected chi connectivity index (χ0v) is 22.5. The summed E-state index contributed by atoms with van der Waals surface area (Å²) >= 11 is 0. The van der Waals surface area contributed by atoms with Crippen molar-refractivity contribution < 1.29 is 18.7 Å². The largest absolute Gasteiger partial charge is 0.490 e. The van der Waals surface area contributed by atoms with Gasteiger partial charge in [-0.05, 0) is 85.7 Å². The number of hydrogen-bond acceptors (Lipinski definition) is 6. The lowest BCUT2D eigenvalue weighted by atomic mass is 9.84. The molecule has 8 heteroatoms. The first kappa shape index (κ1) is 27.5. The van der Waals surface area contributed by atoms with E-state index in [0.717, 1.165) is 56.6 Å². The summed E-state index contributed by atoms with van der Waals surface area (Å²) in [5, 5.41) is 8.93. The van der Waals surface area contributed by atoms with Crippen molar-refractivity contribution in [1.29, 1.82) is 5.26 Å². The quantitative estimate of drug-likeness (QED) is 0.362. The highest BCUT2D eigenvalue weighted by Gasteiger charge is 2.26. The van der Waals surface area contributed by atoms with Gasteiger partial charge in [-0.2, -0.15) is 5.26 Å². The first-order valence-electron chi connectivity index (χ1n) is 13.9. The van der Waals surface area contributed by atoms with Crippen LogP contribution in [0.4, 0.5) is 4.39 Å². The van der Waals surface area contributed by atoms with Crippen LogP contribution in [0.2, 0.25) is 0 Å². The summed E-state index contributed by atoms with van der Waals surface area (Å²) in [6.45, 7) is 3.44. The summed E-state index contributed by atoms with van der Waals surface area (Å²) in [6, 6.07) is 19.2. The predicted molar refractivity (Wildman–Crippen MR) is 148 cm³/mol. The van der Waals surface area contributed by atoms with E-state index in [1.54, 1.807) is 36.4 Å². The first-order valence-corrected chi connectivity index (χ1v) is 13.9. The Balaban J connectivity index is 1.05. The zero-order valence-electron chi connectivity index (χ0n) is 22.5. The van der Waals surface area contributed by atoms with Crippen molar-refractivity contribution in [3.05, 3.63) is 95.1 Å². The van der Waals surface area contributed by atoms with Crippen LogP contribution < -0.4 is 4.74 Å². The molecule has 2 aromatic carbocycles. The molecule has 1 saturated heterocycles. The number of Topliss-reactive ketones (excluding diaryl/α,β-unsaturated/α-hetero) is 1. The lowest BCUT2D eigenvalue weighted by molar-refractivity contribution is 0.0627. The molecule has 5 rings (SSSR count). The Morgan fingerprint density at radius 1 is 0.925 bits per heavy atom. The van der Waals surface area contributed by atoms with E-state index in [1.807, 2.05) is 17.0 Å². The minimum absolute atomic E-state index is 0.00451. The van der Waals surface area contributed by atoms with Gasteiger partial charge >= 0.3 is 0 Å². The maximum absolute atomic E-state index is 13.1. The second-order valence-corrected chi connectivity index (χ2v) is 10.7. The molecular formula is C32H33FN4O3. The van der Waals surface area contributed by atoms with Crippen molar-refractivity contribution in [3.63, 3.8) is 0 Å². The van der Waals surface area contributed by atoms with Crippen molar-refractivity contribution in [3.8, 4) is 11.8 Å². The maximum Gasteiger partial charge on any atom is 0.255 e. The standard InChI is InChI=1S/C32H33FN4O3/c33-27-8-1-25(2-9-27)22-36-15-17-37(18-16-36)32(39)26-7-14-30(35-21-26)31(38)19-23-3-10-28(11-4-23)40-29-12-5-24(20-34)6-13-29/h1-2,5-9,12-14,21,23,28H,3-4,10-11,15-19,22H2. The van der Waals surface area contributed by atoms with E-state index in [2.05, 4.69) is 16.0 Å². The van der Waals surface area contributed by atoms with Crippen LogP contribution in [0.25, 0.3) is 0 Å². The third-order valence-electron chi connectivity index (χ3n) is 7.83. The average molecular weight is 541 g/mol. The second-order valence-electron chi connectivity index (χ2n) is 10.7. The number of nitriles is 1. The van der Waals surface area contributed by atoms with Gasteiger partial charge in [-0.25, -0.2) is 4.39 Å². The molecule has 0 bridgehead atoms.